The summed E-state index contributed by atoms with van der Waals surface area (Å²) in [6.07, 6.45) is 1.59. The van der Waals surface area contributed by atoms with Crippen LogP contribution in [0.3, 0.4) is 0 Å². The van der Waals surface area contributed by atoms with Gasteiger partial charge in [-0.2, -0.15) is 0 Å². The molecule has 1 fully saturated rings. The Kier molecular flexibility index (Phi) is 5.98. The summed E-state index contributed by atoms with van der Waals surface area (Å²) in [4.78, 5) is 37.4. The van der Waals surface area contributed by atoms with Crippen LogP contribution in [0.4, 0.5) is 4.79 Å². The molecule has 3 amide bonds. The third-order valence-corrected chi connectivity index (χ3v) is 5.14. The van der Waals surface area contributed by atoms with Crippen molar-refractivity contribution in [3.8, 4) is 5.75 Å². The van der Waals surface area contributed by atoms with Gasteiger partial charge in [0.2, 0.25) is 0 Å². The predicted octanol–water partition coefficient (Wildman–Crippen LogP) is 3.55. The molecule has 8 heteroatoms. The zero-order valence-corrected chi connectivity index (χ0v) is 16.5. The lowest BCUT2D eigenvalue weighted by molar-refractivity contribution is -0.123. The Labute approximate surface area is 168 Å². The SMILES string of the molecule is NC(=O)COc1ccccc1/C=C1/SC(=O)N(Cc2ccc(Br)cc2)C1=O. The molecule has 0 atom stereocenters. The van der Waals surface area contributed by atoms with E-state index in [1.165, 1.54) is 4.90 Å². The van der Waals surface area contributed by atoms with Crippen molar-refractivity contribution in [1.82, 2.24) is 4.90 Å². The highest BCUT2D eigenvalue weighted by Crippen LogP contribution is 2.34. The first-order chi connectivity index (χ1) is 12.9. The molecule has 6 nitrogen and oxygen atoms in total. The van der Waals surface area contributed by atoms with Gasteiger partial charge < -0.3 is 10.5 Å². The van der Waals surface area contributed by atoms with Crippen LogP contribution in [0.1, 0.15) is 11.1 Å². The molecule has 2 N–H and O–H groups in total. The number of rotatable bonds is 6. The zero-order chi connectivity index (χ0) is 19.4. The number of halogens is 1. The second-order valence-corrected chi connectivity index (χ2v) is 7.60. The summed E-state index contributed by atoms with van der Waals surface area (Å²) in [5.41, 5.74) is 6.55. The smallest absolute Gasteiger partial charge is 0.293 e. The van der Waals surface area contributed by atoms with Crippen molar-refractivity contribution in [3.05, 3.63) is 69.0 Å². The second kappa shape index (κ2) is 8.41. The molecule has 0 radical (unpaired) electrons. The van der Waals surface area contributed by atoms with Gasteiger partial charge in [-0.1, -0.05) is 46.3 Å². The molecular weight excluding hydrogens is 432 g/mol. The maximum absolute atomic E-state index is 12.7. The fourth-order valence-electron chi connectivity index (χ4n) is 2.43. The van der Waals surface area contributed by atoms with Crippen LogP contribution < -0.4 is 10.5 Å². The molecule has 1 aliphatic heterocycles. The van der Waals surface area contributed by atoms with E-state index in [1.54, 1.807) is 30.3 Å². The Balaban J connectivity index is 1.80. The lowest BCUT2D eigenvalue weighted by atomic mass is 10.1. The average molecular weight is 447 g/mol. The normalized spacial score (nSPS) is 15.4. The zero-order valence-electron chi connectivity index (χ0n) is 14.1. The quantitative estimate of drug-likeness (QED) is 0.685. The number of thioether (sulfide) groups is 1. The van der Waals surface area contributed by atoms with E-state index < -0.39 is 5.91 Å². The molecule has 0 aliphatic carbocycles. The van der Waals surface area contributed by atoms with Crippen LogP contribution in [0.5, 0.6) is 5.75 Å². The Morgan fingerprint density at radius 3 is 2.56 bits per heavy atom. The Morgan fingerprint density at radius 1 is 1.15 bits per heavy atom. The third-order valence-electron chi connectivity index (χ3n) is 3.70. The number of ether oxygens (including phenoxy) is 1. The lowest BCUT2D eigenvalue weighted by Gasteiger charge is -2.12. The number of nitrogens with two attached hydrogens (primary N) is 1. The van der Waals surface area contributed by atoms with Gasteiger partial charge in [-0.3, -0.25) is 19.3 Å². The number of benzene rings is 2. The number of carbonyl (C=O) groups excluding carboxylic acids is 3. The van der Waals surface area contributed by atoms with Crippen molar-refractivity contribution in [3.63, 3.8) is 0 Å². The molecule has 0 saturated carbocycles. The number of primary amides is 1. The summed E-state index contributed by atoms with van der Waals surface area (Å²) in [5, 5.41) is -0.329. The summed E-state index contributed by atoms with van der Waals surface area (Å²) in [5.74, 6) is -0.548. The predicted molar refractivity (Wildman–Crippen MR) is 107 cm³/mol. The van der Waals surface area contributed by atoms with E-state index in [0.29, 0.717) is 16.2 Å². The van der Waals surface area contributed by atoms with E-state index >= 15 is 0 Å². The highest BCUT2D eigenvalue weighted by molar-refractivity contribution is 9.10. The molecule has 138 valence electrons. The number of hydrogen-bond donors (Lipinski definition) is 1. The van der Waals surface area contributed by atoms with Gasteiger partial charge in [-0.25, -0.2) is 0 Å². The molecule has 0 aromatic heterocycles. The molecule has 2 aromatic carbocycles. The van der Waals surface area contributed by atoms with Crippen molar-refractivity contribution in [1.29, 1.82) is 0 Å². The van der Waals surface area contributed by atoms with E-state index in [1.807, 2.05) is 24.3 Å². The van der Waals surface area contributed by atoms with Crippen molar-refractivity contribution in [2.24, 2.45) is 5.73 Å². The highest BCUT2D eigenvalue weighted by atomic mass is 79.9. The second-order valence-electron chi connectivity index (χ2n) is 5.69. The van der Waals surface area contributed by atoms with Crippen LogP contribution in [0.25, 0.3) is 6.08 Å². The van der Waals surface area contributed by atoms with Crippen LogP contribution in [-0.2, 0) is 16.1 Å². The number of imide groups is 1. The molecule has 0 unspecified atom stereocenters. The monoisotopic (exact) mass is 446 g/mol. The maximum Gasteiger partial charge on any atom is 0.293 e. The number of nitrogens with zero attached hydrogens (tertiary/aromatic N) is 1. The van der Waals surface area contributed by atoms with E-state index in [-0.39, 0.29) is 24.3 Å². The van der Waals surface area contributed by atoms with Crippen molar-refractivity contribution in [2.75, 3.05) is 6.61 Å². The molecule has 3 rings (SSSR count). The molecule has 2 aromatic rings. The van der Waals surface area contributed by atoms with Crippen LogP contribution in [-0.4, -0.2) is 28.6 Å². The Hall–Kier alpha value is -2.58. The average Bonchev–Trinajstić information content (AvgIpc) is 2.90. The summed E-state index contributed by atoms with van der Waals surface area (Å²) >= 11 is 4.23. The van der Waals surface area contributed by atoms with Gasteiger partial charge in [0.15, 0.2) is 6.61 Å². The van der Waals surface area contributed by atoms with Crippen LogP contribution in [0.15, 0.2) is 57.9 Å². The summed E-state index contributed by atoms with van der Waals surface area (Å²) in [6.45, 7) is -0.0645. The van der Waals surface area contributed by atoms with Gasteiger partial charge in [0.25, 0.3) is 17.1 Å². The minimum Gasteiger partial charge on any atom is -0.483 e. The van der Waals surface area contributed by atoms with Gasteiger partial charge >= 0.3 is 0 Å². The fourth-order valence-corrected chi connectivity index (χ4v) is 3.52. The first-order valence-corrected chi connectivity index (χ1v) is 9.55. The number of carbonyl (C=O) groups is 3. The summed E-state index contributed by atoms with van der Waals surface area (Å²) < 4.78 is 6.29. The third kappa shape index (κ3) is 4.78. The molecule has 27 heavy (non-hydrogen) atoms. The topological polar surface area (TPSA) is 89.7 Å². The van der Waals surface area contributed by atoms with E-state index in [9.17, 15) is 14.4 Å². The summed E-state index contributed by atoms with van der Waals surface area (Å²) in [6, 6.07) is 14.3. The highest BCUT2D eigenvalue weighted by Gasteiger charge is 2.35. The molecule has 0 bridgehead atoms. The number of amides is 3. The van der Waals surface area contributed by atoms with Crippen LogP contribution in [0, 0.1) is 0 Å². The van der Waals surface area contributed by atoms with Crippen molar-refractivity contribution >= 4 is 50.8 Å². The molecule has 1 saturated heterocycles. The summed E-state index contributed by atoms with van der Waals surface area (Å²) in [7, 11) is 0. The Bertz CT molecular complexity index is 928. The van der Waals surface area contributed by atoms with Crippen LogP contribution in [0.2, 0.25) is 0 Å². The van der Waals surface area contributed by atoms with Crippen molar-refractivity contribution in [2.45, 2.75) is 6.54 Å². The van der Waals surface area contributed by atoms with Gasteiger partial charge in [0, 0.05) is 10.0 Å². The number of hydrogen-bond acceptors (Lipinski definition) is 5. The van der Waals surface area contributed by atoms with Gasteiger partial charge in [-0.15, -0.1) is 0 Å². The molecule has 1 aliphatic rings. The minimum atomic E-state index is -0.598. The molecule has 0 spiro atoms. The number of para-hydroxylation sites is 1. The maximum atomic E-state index is 12.7. The first-order valence-electron chi connectivity index (χ1n) is 7.94. The van der Waals surface area contributed by atoms with Crippen LogP contribution >= 0.6 is 27.7 Å². The minimum absolute atomic E-state index is 0.203. The fraction of sp³-hybridized carbons (Fsp3) is 0.105. The molecular formula is C19H15BrN2O4S. The van der Waals surface area contributed by atoms with E-state index in [4.69, 9.17) is 10.5 Å². The molecule has 1 heterocycles. The van der Waals surface area contributed by atoms with E-state index in [2.05, 4.69) is 15.9 Å². The first kappa shape index (κ1) is 19.2. The van der Waals surface area contributed by atoms with Crippen molar-refractivity contribution < 1.29 is 19.1 Å². The largest absolute Gasteiger partial charge is 0.483 e. The van der Waals surface area contributed by atoms with Gasteiger partial charge in [0.1, 0.15) is 5.75 Å². The van der Waals surface area contributed by atoms with E-state index in [0.717, 1.165) is 21.8 Å². The standard InChI is InChI=1S/C19H15BrN2O4S/c20-14-7-5-12(6-8-14)10-22-18(24)16(27-19(22)25)9-13-3-1-2-4-15(13)26-11-17(21)23/h1-9H,10-11H2,(H2,21,23)/b16-9+. The lowest BCUT2D eigenvalue weighted by Crippen LogP contribution is -2.27. The van der Waals surface area contributed by atoms with Gasteiger partial charge in [-0.05, 0) is 41.6 Å². The Morgan fingerprint density at radius 2 is 1.85 bits per heavy atom. The van der Waals surface area contributed by atoms with Gasteiger partial charge in [0.05, 0.1) is 11.4 Å².